The van der Waals surface area contributed by atoms with Crippen molar-refractivity contribution in [2.24, 2.45) is 5.92 Å². The number of nitrogens with zero attached hydrogens (tertiary/aromatic N) is 1. The lowest BCUT2D eigenvalue weighted by Gasteiger charge is -2.23. The third kappa shape index (κ3) is 2.12. The third-order valence-electron chi connectivity index (χ3n) is 4.41. The molecule has 2 aromatic carbocycles. The van der Waals surface area contributed by atoms with Gasteiger partial charge in [0.2, 0.25) is 0 Å². The average molecular weight is 307 g/mol. The van der Waals surface area contributed by atoms with Gasteiger partial charge in [0.25, 0.3) is 5.69 Å². The van der Waals surface area contributed by atoms with Crippen molar-refractivity contribution in [2.75, 3.05) is 6.61 Å². The number of rotatable bonds is 2. The number of esters is 1. The van der Waals surface area contributed by atoms with Gasteiger partial charge in [-0.1, -0.05) is 36.4 Å². The highest BCUT2D eigenvalue weighted by atomic mass is 16.6. The highest BCUT2D eigenvalue weighted by Gasteiger charge is 2.38. The summed E-state index contributed by atoms with van der Waals surface area (Å²) >= 11 is 0. The molecule has 1 heterocycles. The van der Waals surface area contributed by atoms with E-state index in [0.29, 0.717) is 17.7 Å². The van der Waals surface area contributed by atoms with E-state index in [1.54, 1.807) is 12.1 Å². The van der Waals surface area contributed by atoms with Crippen molar-refractivity contribution in [3.63, 3.8) is 0 Å². The summed E-state index contributed by atoms with van der Waals surface area (Å²) in [5.41, 5.74) is 4.21. The lowest BCUT2D eigenvalue weighted by molar-refractivity contribution is -0.384. The fraction of sp³-hybridized carbons (Fsp3) is 0.167. The molecule has 1 aliphatic heterocycles. The second-order valence-corrected chi connectivity index (χ2v) is 5.75. The summed E-state index contributed by atoms with van der Waals surface area (Å²) in [6, 6.07) is 14.3. The minimum absolute atomic E-state index is 0.0153. The van der Waals surface area contributed by atoms with Crippen molar-refractivity contribution < 1.29 is 14.5 Å². The maximum absolute atomic E-state index is 12.2. The van der Waals surface area contributed by atoms with Crippen molar-refractivity contribution in [3.8, 4) is 0 Å². The van der Waals surface area contributed by atoms with E-state index in [1.165, 1.54) is 12.1 Å². The van der Waals surface area contributed by atoms with Crippen molar-refractivity contribution in [1.29, 1.82) is 0 Å². The van der Waals surface area contributed by atoms with Gasteiger partial charge in [0.1, 0.15) is 0 Å². The zero-order chi connectivity index (χ0) is 16.0. The van der Waals surface area contributed by atoms with Crippen LogP contribution in [0.4, 0.5) is 5.69 Å². The van der Waals surface area contributed by atoms with E-state index >= 15 is 0 Å². The number of nitro benzene ring substituents is 1. The first-order valence-electron chi connectivity index (χ1n) is 7.39. The van der Waals surface area contributed by atoms with Crippen LogP contribution in [0.2, 0.25) is 0 Å². The molecule has 1 aliphatic carbocycles. The lowest BCUT2D eigenvalue weighted by Crippen LogP contribution is -2.17. The van der Waals surface area contributed by atoms with Gasteiger partial charge in [0, 0.05) is 23.6 Å². The van der Waals surface area contributed by atoms with E-state index in [-0.39, 0.29) is 17.6 Å². The maximum atomic E-state index is 12.2. The van der Waals surface area contributed by atoms with Crippen LogP contribution in [0.3, 0.4) is 0 Å². The van der Waals surface area contributed by atoms with Crippen LogP contribution in [-0.4, -0.2) is 17.5 Å². The summed E-state index contributed by atoms with van der Waals surface area (Å²) in [7, 11) is 0. The Kier molecular flexibility index (Phi) is 3.01. The van der Waals surface area contributed by atoms with Crippen LogP contribution in [-0.2, 0) is 16.0 Å². The van der Waals surface area contributed by atoms with Gasteiger partial charge < -0.3 is 4.74 Å². The van der Waals surface area contributed by atoms with E-state index in [4.69, 9.17) is 4.74 Å². The molecular formula is C18H13NO4. The van der Waals surface area contributed by atoms with Gasteiger partial charge in [-0.15, -0.1) is 0 Å². The first-order chi connectivity index (χ1) is 11.1. The number of ether oxygens (including phenoxy) is 1. The molecule has 5 heteroatoms. The van der Waals surface area contributed by atoms with Crippen LogP contribution in [0.25, 0.3) is 5.57 Å². The van der Waals surface area contributed by atoms with Crippen molar-refractivity contribution in [2.45, 2.75) is 6.42 Å². The molecule has 1 atom stereocenters. The minimum atomic E-state index is -0.423. The molecule has 1 unspecified atom stereocenters. The number of non-ortho nitro benzene ring substituents is 1. The second kappa shape index (κ2) is 5.05. The van der Waals surface area contributed by atoms with Crippen LogP contribution in [0.15, 0.2) is 54.1 Å². The van der Waals surface area contributed by atoms with Gasteiger partial charge >= 0.3 is 5.97 Å². The van der Waals surface area contributed by atoms with Crippen LogP contribution in [0.1, 0.15) is 16.7 Å². The molecule has 0 aromatic heterocycles. The first kappa shape index (κ1) is 13.7. The first-order valence-corrected chi connectivity index (χ1v) is 7.39. The number of benzene rings is 2. The molecule has 5 nitrogen and oxygen atoms in total. The maximum Gasteiger partial charge on any atom is 0.335 e. The number of carbonyl (C=O) groups excluding carboxylic acids is 1. The van der Waals surface area contributed by atoms with Crippen LogP contribution >= 0.6 is 0 Å². The Morgan fingerprint density at radius 2 is 1.96 bits per heavy atom. The second-order valence-electron chi connectivity index (χ2n) is 5.75. The molecule has 0 saturated carbocycles. The fourth-order valence-corrected chi connectivity index (χ4v) is 3.41. The molecule has 23 heavy (non-hydrogen) atoms. The Labute approximate surface area is 132 Å². The number of nitro groups is 1. The number of fused-ring (bicyclic) bond motifs is 2. The molecule has 0 N–H and O–H groups in total. The predicted octanol–water partition coefficient (Wildman–Crippen LogP) is 3.13. The molecule has 0 radical (unpaired) electrons. The smallest absolute Gasteiger partial charge is 0.335 e. The summed E-state index contributed by atoms with van der Waals surface area (Å²) in [4.78, 5) is 22.9. The number of carbonyl (C=O) groups is 1. The monoisotopic (exact) mass is 307 g/mol. The molecule has 4 rings (SSSR count). The standard InChI is InChI=1S/C18H13NO4/c20-18-17-13(10-23-18)8-11-4-1-2-7-15(11)16(17)12-5-3-6-14(9-12)19(21)22/h1-7,9,13H,8,10H2. The lowest BCUT2D eigenvalue weighted by atomic mass is 9.77. The van der Waals surface area contributed by atoms with Crippen molar-refractivity contribution >= 4 is 17.2 Å². The van der Waals surface area contributed by atoms with Crippen molar-refractivity contribution in [1.82, 2.24) is 0 Å². The normalized spacial score (nSPS) is 19.1. The molecule has 0 amide bonds. The predicted molar refractivity (Wildman–Crippen MR) is 83.7 cm³/mol. The third-order valence-corrected chi connectivity index (χ3v) is 4.41. The number of cyclic esters (lactones) is 1. The Morgan fingerprint density at radius 1 is 1.13 bits per heavy atom. The summed E-state index contributed by atoms with van der Waals surface area (Å²) < 4.78 is 5.23. The SMILES string of the molecule is O=C1OCC2Cc3ccccc3C(c3cccc([N+](=O)[O-])c3)=C12. The Hall–Kier alpha value is -2.95. The summed E-state index contributed by atoms with van der Waals surface area (Å²) in [6.07, 6.45) is 0.760. The van der Waals surface area contributed by atoms with Gasteiger partial charge in [-0.3, -0.25) is 10.1 Å². The number of hydrogen-bond donors (Lipinski definition) is 0. The van der Waals surface area contributed by atoms with Gasteiger partial charge in [-0.05, 0) is 23.1 Å². The number of hydrogen-bond acceptors (Lipinski definition) is 4. The highest BCUT2D eigenvalue weighted by Crippen LogP contribution is 2.42. The van der Waals surface area contributed by atoms with Gasteiger partial charge in [0.05, 0.1) is 17.1 Å². The van der Waals surface area contributed by atoms with E-state index in [9.17, 15) is 14.9 Å². The van der Waals surface area contributed by atoms with E-state index in [2.05, 4.69) is 0 Å². The van der Waals surface area contributed by atoms with Gasteiger partial charge in [-0.25, -0.2) is 4.79 Å². The Bertz CT molecular complexity index is 869. The average Bonchev–Trinajstić information content (AvgIpc) is 2.93. The van der Waals surface area contributed by atoms with Gasteiger partial charge in [-0.2, -0.15) is 0 Å². The molecule has 114 valence electrons. The van der Waals surface area contributed by atoms with E-state index < -0.39 is 4.92 Å². The Balaban J connectivity index is 1.99. The van der Waals surface area contributed by atoms with Crippen LogP contribution in [0, 0.1) is 16.0 Å². The highest BCUT2D eigenvalue weighted by molar-refractivity contribution is 6.05. The fourth-order valence-electron chi connectivity index (χ4n) is 3.41. The van der Waals surface area contributed by atoms with Crippen molar-refractivity contribution in [3.05, 3.63) is 80.9 Å². The van der Waals surface area contributed by atoms with E-state index in [0.717, 1.165) is 23.1 Å². The topological polar surface area (TPSA) is 69.4 Å². The summed E-state index contributed by atoms with van der Waals surface area (Å²) in [5.74, 6) is -0.294. The zero-order valence-corrected chi connectivity index (χ0v) is 12.2. The molecule has 2 aromatic rings. The van der Waals surface area contributed by atoms with Crippen LogP contribution in [0.5, 0.6) is 0 Å². The molecule has 1 fully saturated rings. The zero-order valence-electron chi connectivity index (χ0n) is 12.2. The molecule has 0 spiro atoms. The van der Waals surface area contributed by atoms with Crippen LogP contribution < -0.4 is 0 Å². The largest absolute Gasteiger partial charge is 0.462 e. The summed E-state index contributed by atoms with van der Waals surface area (Å²) in [5, 5.41) is 11.1. The Morgan fingerprint density at radius 3 is 2.78 bits per heavy atom. The molecule has 2 aliphatic rings. The molecule has 0 bridgehead atoms. The quantitative estimate of drug-likeness (QED) is 0.485. The van der Waals surface area contributed by atoms with E-state index in [1.807, 2.05) is 24.3 Å². The summed E-state index contributed by atoms with van der Waals surface area (Å²) in [6.45, 7) is 0.376. The minimum Gasteiger partial charge on any atom is -0.462 e. The molecule has 1 saturated heterocycles. The molecular weight excluding hydrogens is 294 g/mol. The van der Waals surface area contributed by atoms with Gasteiger partial charge in [0.15, 0.2) is 0 Å².